The van der Waals surface area contributed by atoms with Crippen molar-refractivity contribution < 1.29 is 9.53 Å². The SMILES string of the molecule is Cc1cccc(C(=O)N2CCc3c(c(COCc4ccccc4C)nn3C)C2)c1. The molecule has 1 aromatic heterocycles. The zero-order chi connectivity index (χ0) is 20.4. The minimum atomic E-state index is 0.0787. The molecule has 0 radical (unpaired) electrons. The number of fused-ring (bicyclic) bond motifs is 1. The lowest BCUT2D eigenvalue weighted by molar-refractivity contribution is 0.0728. The molecule has 1 aliphatic rings. The Balaban J connectivity index is 1.47. The number of aromatic nitrogens is 2. The predicted octanol–water partition coefficient (Wildman–Crippen LogP) is 3.95. The van der Waals surface area contributed by atoms with Crippen LogP contribution in [-0.4, -0.2) is 27.1 Å². The first-order chi connectivity index (χ1) is 14.0. The highest BCUT2D eigenvalue weighted by atomic mass is 16.5. The Morgan fingerprint density at radius 2 is 1.93 bits per heavy atom. The summed E-state index contributed by atoms with van der Waals surface area (Å²) in [4.78, 5) is 14.9. The lowest BCUT2D eigenvalue weighted by Gasteiger charge is -2.28. The van der Waals surface area contributed by atoms with Crippen LogP contribution in [0.3, 0.4) is 0 Å². The molecule has 0 bridgehead atoms. The van der Waals surface area contributed by atoms with E-state index >= 15 is 0 Å². The number of carbonyl (C=O) groups excluding carboxylic acids is 1. The van der Waals surface area contributed by atoms with Gasteiger partial charge in [-0.15, -0.1) is 0 Å². The lowest BCUT2D eigenvalue weighted by atomic mass is 10.0. The minimum Gasteiger partial charge on any atom is -0.370 e. The second-order valence-corrected chi connectivity index (χ2v) is 7.76. The molecule has 0 aliphatic carbocycles. The molecule has 0 unspecified atom stereocenters. The maximum atomic E-state index is 13.0. The van der Waals surface area contributed by atoms with Crippen LogP contribution >= 0.6 is 0 Å². The molecule has 0 spiro atoms. The van der Waals surface area contributed by atoms with Gasteiger partial charge in [-0.1, -0.05) is 42.0 Å². The van der Waals surface area contributed by atoms with Gasteiger partial charge in [-0.3, -0.25) is 9.48 Å². The van der Waals surface area contributed by atoms with E-state index in [-0.39, 0.29) is 5.91 Å². The highest BCUT2D eigenvalue weighted by molar-refractivity contribution is 5.94. The Labute approximate surface area is 171 Å². The molecule has 2 heterocycles. The van der Waals surface area contributed by atoms with Gasteiger partial charge < -0.3 is 9.64 Å². The van der Waals surface area contributed by atoms with Crippen molar-refractivity contribution in [2.75, 3.05) is 6.54 Å². The van der Waals surface area contributed by atoms with E-state index in [2.05, 4.69) is 24.2 Å². The van der Waals surface area contributed by atoms with Crippen molar-refractivity contribution in [2.45, 2.75) is 40.0 Å². The third-order valence-electron chi connectivity index (χ3n) is 5.64. The molecule has 150 valence electrons. The highest BCUT2D eigenvalue weighted by Gasteiger charge is 2.27. The van der Waals surface area contributed by atoms with Crippen molar-refractivity contribution in [3.05, 3.63) is 87.7 Å². The van der Waals surface area contributed by atoms with Crippen LogP contribution in [0.1, 0.15) is 44.0 Å². The van der Waals surface area contributed by atoms with Gasteiger partial charge in [-0.25, -0.2) is 0 Å². The number of carbonyl (C=O) groups is 1. The van der Waals surface area contributed by atoms with Gasteiger partial charge in [-0.05, 0) is 37.1 Å². The quantitative estimate of drug-likeness (QED) is 0.664. The maximum absolute atomic E-state index is 13.0. The number of ether oxygens (including phenoxy) is 1. The molecule has 5 heteroatoms. The van der Waals surface area contributed by atoms with E-state index in [1.54, 1.807) is 0 Å². The van der Waals surface area contributed by atoms with E-state index in [4.69, 9.17) is 4.74 Å². The molecule has 4 rings (SSSR count). The molecule has 3 aromatic rings. The topological polar surface area (TPSA) is 47.4 Å². The lowest BCUT2D eigenvalue weighted by Crippen LogP contribution is -2.36. The smallest absolute Gasteiger partial charge is 0.254 e. The molecular formula is C24H27N3O2. The summed E-state index contributed by atoms with van der Waals surface area (Å²) in [6.07, 6.45) is 0.814. The van der Waals surface area contributed by atoms with Crippen LogP contribution in [0.5, 0.6) is 0 Å². The molecular weight excluding hydrogens is 362 g/mol. The third kappa shape index (κ3) is 4.10. The third-order valence-corrected chi connectivity index (χ3v) is 5.64. The Hall–Kier alpha value is -2.92. The molecule has 29 heavy (non-hydrogen) atoms. The molecule has 2 aromatic carbocycles. The monoisotopic (exact) mass is 389 g/mol. The van der Waals surface area contributed by atoms with Gasteiger partial charge in [0.05, 0.1) is 18.9 Å². The van der Waals surface area contributed by atoms with Crippen LogP contribution in [0.2, 0.25) is 0 Å². The Bertz CT molecular complexity index is 1040. The normalized spacial score (nSPS) is 13.4. The summed E-state index contributed by atoms with van der Waals surface area (Å²) >= 11 is 0. The van der Waals surface area contributed by atoms with Crippen LogP contribution in [0.15, 0.2) is 48.5 Å². The fourth-order valence-electron chi connectivity index (χ4n) is 3.95. The van der Waals surface area contributed by atoms with Gasteiger partial charge in [0.2, 0.25) is 0 Å². The molecule has 0 saturated heterocycles. The number of benzene rings is 2. The minimum absolute atomic E-state index is 0.0787. The van der Waals surface area contributed by atoms with E-state index in [1.165, 1.54) is 16.8 Å². The van der Waals surface area contributed by atoms with E-state index in [9.17, 15) is 4.79 Å². The summed E-state index contributed by atoms with van der Waals surface area (Å²) < 4.78 is 7.92. The second-order valence-electron chi connectivity index (χ2n) is 7.76. The van der Waals surface area contributed by atoms with Gasteiger partial charge >= 0.3 is 0 Å². The molecule has 0 atom stereocenters. The summed E-state index contributed by atoms with van der Waals surface area (Å²) in [5.74, 6) is 0.0787. The van der Waals surface area contributed by atoms with Crippen molar-refractivity contribution in [3.63, 3.8) is 0 Å². The molecule has 0 saturated carbocycles. The van der Waals surface area contributed by atoms with Gasteiger partial charge in [0.25, 0.3) is 5.91 Å². The summed E-state index contributed by atoms with van der Waals surface area (Å²) in [6.45, 7) is 6.40. The van der Waals surface area contributed by atoms with E-state index < -0.39 is 0 Å². The number of amides is 1. The van der Waals surface area contributed by atoms with Crippen molar-refractivity contribution >= 4 is 5.91 Å². The van der Waals surface area contributed by atoms with Gasteiger partial charge in [-0.2, -0.15) is 5.10 Å². The fraction of sp³-hybridized carbons (Fsp3) is 0.333. The molecule has 0 N–H and O–H groups in total. The predicted molar refractivity (Wildman–Crippen MR) is 113 cm³/mol. The fourth-order valence-corrected chi connectivity index (χ4v) is 3.95. The number of hydrogen-bond donors (Lipinski definition) is 0. The van der Waals surface area contributed by atoms with E-state index in [1.807, 2.05) is 60.0 Å². The van der Waals surface area contributed by atoms with Crippen LogP contribution in [0.25, 0.3) is 0 Å². The Morgan fingerprint density at radius 1 is 1.10 bits per heavy atom. The Kier molecular flexibility index (Phi) is 5.49. The van der Waals surface area contributed by atoms with Crippen LogP contribution in [-0.2, 0) is 38.0 Å². The first-order valence-corrected chi connectivity index (χ1v) is 10.0. The van der Waals surface area contributed by atoms with Gasteiger partial charge in [0.15, 0.2) is 0 Å². The average molecular weight is 389 g/mol. The van der Waals surface area contributed by atoms with Crippen LogP contribution < -0.4 is 0 Å². The number of rotatable bonds is 5. The first-order valence-electron chi connectivity index (χ1n) is 10.0. The summed E-state index contributed by atoms with van der Waals surface area (Å²) in [5, 5.41) is 4.68. The van der Waals surface area contributed by atoms with Crippen LogP contribution in [0, 0.1) is 13.8 Å². The highest BCUT2D eigenvalue weighted by Crippen LogP contribution is 2.24. The average Bonchev–Trinajstić information content (AvgIpc) is 3.04. The molecule has 1 amide bonds. The standard InChI is InChI=1S/C24H27N3O2/c1-17-7-6-10-19(13-17)24(28)27-12-11-23-21(14-27)22(25-26(23)3)16-29-15-20-9-5-4-8-18(20)2/h4-10,13H,11-12,14-16H2,1-3H3. The van der Waals surface area contributed by atoms with Crippen LogP contribution in [0.4, 0.5) is 0 Å². The second kappa shape index (κ2) is 8.21. The molecule has 1 aliphatic heterocycles. The van der Waals surface area contributed by atoms with Crippen molar-refractivity contribution in [2.24, 2.45) is 7.05 Å². The summed E-state index contributed by atoms with van der Waals surface area (Å²) in [5.41, 5.74) is 7.52. The van der Waals surface area contributed by atoms with Gasteiger partial charge in [0, 0.05) is 43.4 Å². The van der Waals surface area contributed by atoms with E-state index in [0.717, 1.165) is 28.8 Å². The zero-order valence-corrected chi connectivity index (χ0v) is 17.3. The molecule has 5 nitrogen and oxygen atoms in total. The number of nitrogens with zero attached hydrogens (tertiary/aromatic N) is 3. The maximum Gasteiger partial charge on any atom is 0.254 e. The van der Waals surface area contributed by atoms with E-state index in [0.29, 0.717) is 26.3 Å². The molecule has 0 fully saturated rings. The number of hydrogen-bond acceptors (Lipinski definition) is 3. The van der Waals surface area contributed by atoms with Gasteiger partial charge in [0.1, 0.15) is 0 Å². The summed E-state index contributed by atoms with van der Waals surface area (Å²) in [6, 6.07) is 16.0. The number of aryl methyl sites for hydroxylation is 3. The Morgan fingerprint density at radius 3 is 2.72 bits per heavy atom. The first kappa shape index (κ1) is 19.4. The zero-order valence-electron chi connectivity index (χ0n) is 17.3. The van der Waals surface area contributed by atoms with Crippen molar-refractivity contribution in [1.29, 1.82) is 0 Å². The van der Waals surface area contributed by atoms with Crippen molar-refractivity contribution in [1.82, 2.24) is 14.7 Å². The van der Waals surface area contributed by atoms with Crippen molar-refractivity contribution in [3.8, 4) is 0 Å². The summed E-state index contributed by atoms with van der Waals surface area (Å²) in [7, 11) is 1.97. The largest absolute Gasteiger partial charge is 0.370 e.